The van der Waals surface area contributed by atoms with Crippen molar-refractivity contribution >= 4 is 5.69 Å². The summed E-state index contributed by atoms with van der Waals surface area (Å²) >= 11 is 0. The quantitative estimate of drug-likeness (QED) is 0.905. The van der Waals surface area contributed by atoms with Crippen LogP contribution in [0.5, 0.6) is 0 Å². The van der Waals surface area contributed by atoms with Gasteiger partial charge in [-0.25, -0.2) is 4.39 Å². The molecule has 1 fully saturated rings. The van der Waals surface area contributed by atoms with Crippen molar-refractivity contribution < 1.29 is 4.39 Å². The third-order valence-corrected chi connectivity index (χ3v) is 4.24. The van der Waals surface area contributed by atoms with E-state index in [1.807, 2.05) is 13.0 Å². The van der Waals surface area contributed by atoms with Crippen molar-refractivity contribution in [1.82, 2.24) is 0 Å². The first-order valence-electron chi connectivity index (χ1n) is 7.92. The third-order valence-electron chi connectivity index (χ3n) is 4.24. The number of rotatable bonds is 4. The Bertz CT molecular complexity index is 431. The predicted octanol–water partition coefficient (Wildman–Crippen LogP) is 3.87. The highest BCUT2D eigenvalue weighted by Gasteiger charge is 2.22. The Morgan fingerprint density at radius 2 is 2.15 bits per heavy atom. The van der Waals surface area contributed by atoms with E-state index in [9.17, 15) is 4.39 Å². The fourth-order valence-electron chi connectivity index (χ4n) is 3.26. The van der Waals surface area contributed by atoms with Crippen LogP contribution in [0.4, 0.5) is 10.1 Å². The summed E-state index contributed by atoms with van der Waals surface area (Å²) in [6.07, 6.45) is 6.96. The molecule has 2 unspecified atom stereocenters. The number of nitrogens with two attached hydrogens (primary N) is 1. The van der Waals surface area contributed by atoms with Gasteiger partial charge < -0.3 is 10.6 Å². The van der Waals surface area contributed by atoms with Crippen LogP contribution >= 0.6 is 0 Å². The molecule has 1 saturated heterocycles. The second-order valence-electron chi connectivity index (χ2n) is 6.06. The molecule has 1 aliphatic rings. The molecule has 0 saturated carbocycles. The smallest absolute Gasteiger partial charge is 0.123 e. The molecule has 0 spiro atoms. The Morgan fingerprint density at radius 1 is 1.35 bits per heavy atom. The molecule has 2 nitrogen and oxygen atoms in total. The highest BCUT2D eigenvalue weighted by molar-refractivity contribution is 5.55. The van der Waals surface area contributed by atoms with Crippen LogP contribution in [-0.2, 0) is 6.42 Å². The van der Waals surface area contributed by atoms with E-state index >= 15 is 0 Å². The summed E-state index contributed by atoms with van der Waals surface area (Å²) in [6.45, 7) is 5.31. The minimum absolute atomic E-state index is 0.0580. The first-order chi connectivity index (χ1) is 9.61. The highest BCUT2D eigenvalue weighted by atomic mass is 19.1. The Balaban J connectivity index is 2.32. The lowest BCUT2D eigenvalue weighted by Crippen LogP contribution is -2.35. The molecule has 0 amide bonds. The lowest BCUT2D eigenvalue weighted by molar-refractivity contribution is 0.552. The average Bonchev–Trinajstić information content (AvgIpc) is 2.63. The van der Waals surface area contributed by atoms with E-state index in [1.165, 1.54) is 31.4 Å². The SMILES string of the molecule is CCC1CCCCCN1c1ccc(F)cc1CC(C)N. The maximum atomic E-state index is 13.6. The Kier molecular flexibility index (Phi) is 5.41. The summed E-state index contributed by atoms with van der Waals surface area (Å²) < 4.78 is 13.6. The molecule has 20 heavy (non-hydrogen) atoms. The van der Waals surface area contributed by atoms with Gasteiger partial charge >= 0.3 is 0 Å². The average molecular weight is 278 g/mol. The molecule has 0 aromatic heterocycles. The summed E-state index contributed by atoms with van der Waals surface area (Å²) in [5.41, 5.74) is 8.18. The fraction of sp³-hybridized carbons (Fsp3) is 0.647. The van der Waals surface area contributed by atoms with E-state index < -0.39 is 0 Å². The summed E-state index contributed by atoms with van der Waals surface area (Å²) in [7, 11) is 0. The molecule has 1 aromatic rings. The lowest BCUT2D eigenvalue weighted by atomic mass is 10.0. The largest absolute Gasteiger partial charge is 0.368 e. The molecule has 3 heteroatoms. The molecule has 0 aliphatic carbocycles. The first kappa shape index (κ1) is 15.3. The number of benzene rings is 1. The summed E-state index contributed by atoms with van der Waals surface area (Å²) in [4.78, 5) is 2.49. The molecule has 112 valence electrons. The van der Waals surface area contributed by atoms with Gasteiger partial charge in [0.2, 0.25) is 0 Å². The molecule has 1 aromatic carbocycles. The standard InChI is InChI=1S/C17H27FN2/c1-3-16-7-5-4-6-10-20(16)17-9-8-15(18)12-14(17)11-13(2)19/h8-9,12-13,16H,3-7,10-11,19H2,1-2H3. The molecular formula is C17H27FN2. The molecule has 2 rings (SSSR count). The minimum Gasteiger partial charge on any atom is -0.368 e. The molecule has 1 heterocycles. The molecule has 1 aliphatic heterocycles. The molecule has 2 N–H and O–H groups in total. The van der Waals surface area contributed by atoms with Crippen LogP contribution in [0.3, 0.4) is 0 Å². The van der Waals surface area contributed by atoms with Crippen molar-refractivity contribution in [1.29, 1.82) is 0 Å². The normalized spacial score (nSPS) is 21.6. The third kappa shape index (κ3) is 3.72. The van der Waals surface area contributed by atoms with Crippen molar-refractivity contribution in [2.45, 2.75) is 64.5 Å². The van der Waals surface area contributed by atoms with Gasteiger partial charge in [-0.3, -0.25) is 0 Å². The zero-order valence-electron chi connectivity index (χ0n) is 12.7. The van der Waals surface area contributed by atoms with Crippen LogP contribution in [0.25, 0.3) is 0 Å². The monoisotopic (exact) mass is 278 g/mol. The Labute approximate surface area is 122 Å². The van der Waals surface area contributed by atoms with Gasteiger partial charge in [-0.15, -0.1) is 0 Å². The first-order valence-corrected chi connectivity index (χ1v) is 7.92. The molecular weight excluding hydrogens is 251 g/mol. The van der Waals surface area contributed by atoms with Gasteiger partial charge in [-0.2, -0.15) is 0 Å². The maximum absolute atomic E-state index is 13.6. The predicted molar refractivity (Wildman–Crippen MR) is 83.6 cm³/mol. The Morgan fingerprint density at radius 3 is 2.85 bits per heavy atom. The van der Waals surface area contributed by atoms with Crippen LogP contribution in [0.15, 0.2) is 18.2 Å². The van der Waals surface area contributed by atoms with Gasteiger partial charge in [0.05, 0.1) is 0 Å². The summed E-state index contributed by atoms with van der Waals surface area (Å²) in [5, 5.41) is 0. The van der Waals surface area contributed by atoms with E-state index in [-0.39, 0.29) is 11.9 Å². The second kappa shape index (κ2) is 7.07. The Hall–Kier alpha value is -1.09. The topological polar surface area (TPSA) is 29.3 Å². The summed E-state index contributed by atoms with van der Waals surface area (Å²) in [5.74, 6) is -0.160. The van der Waals surface area contributed by atoms with Crippen LogP contribution in [0.2, 0.25) is 0 Å². The number of halogens is 1. The molecule has 0 radical (unpaired) electrons. The minimum atomic E-state index is -0.160. The maximum Gasteiger partial charge on any atom is 0.123 e. The van der Waals surface area contributed by atoms with Crippen molar-refractivity contribution in [3.05, 3.63) is 29.6 Å². The van der Waals surface area contributed by atoms with E-state index in [4.69, 9.17) is 5.73 Å². The van der Waals surface area contributed by atoms with Crippen molar-refractivity contribution in [2.24, 2.45) is 5.73 Å². The van der Waals surface area contributed by atoms with Gasteiger partial charge in [0, 0.05) is 24.3 Å². The van der Waals surface area contributed by atoms with Crippen molar-refractivity contribution in [3.8, 4) is 0 Å². The second-order valence-corrected chi connectivity index (χ2v) is 6.06. The number of hydrogen-bond donors (Lipinski definition) is 1. The van der Waals surface area contributed by atoms with Crippen LogP contribution < -0.4 is 10.6 Å². The van der Waals surface area contributed by atoms with Crippen molar-refractivity contribution in [2.75, 3.05) is 11.4 Å². The van der Waals surface area contributed by atoms with Crippen LogP contribution in [0, 0.1) is 5.82 Å². The van der Waals surface area contributed by atoms with Gasteiger partial charge in [-0.1, -0.05) is 19.8 Å². The van der Waals surface area contributed by atoms with Gasteiger partial charge in [-0.05, 0) is 56.4 Å². The fourth-order valence-corrected chi connectivity index (χ4v) is 3.26. The van der Waals surface area contributed by atoms with Gasteiger partial charge in [0.1, 0.15) is 5.82 Å². The van der Waals surface area contributed by atoms with Gasteiger partial charge in [0.15, 0.2) is 0 Å². The number of nitrogens with zero attached hydrogens (tertiary/aromatic N) is 1. The van der Waals surface area contributed by atoms with E-state index in [1.54, 1.807) is 12.1 Å². The zero-order valence-corrected chi connectivity index (χ0v) is 12.7. The van der Waals surface area contributed by atoms with E-state index in [0.29, 0.717) is 6.04 Å². The lowest BCUT2D eigenvalue weighted by Gasteiger charge is -2.33. The van der Waals surface area contributed by atoms with Crippen LogP contribution in [-0.4, -0.2) is 18.6 Å². The molecule has 2 atom stereocenters. The van der Waals surface area contributed by atoms with E-state index in [0.717, 1.165) is 24.9 Å². The van der Waals surface area contributed by atoms with E-state index in [2.05, 4.69) is 11.8 Å². The number of anilines is 1. The van der Waals surface area contributed by atoms with Gasteiger partial charge in [0.25, 0.3) is 0 Å². The number of hydrogen-bond acceptors (Lipinski definition) is 2. The zero-order chi connectivity index (χ0) is 14.5. The van der Waals surface area contributed by atoms with Crippen LogP contribution in [0.1, 0.15) is 51.5 Å². The highest BCUT2D eigenvalue weighted by Crippen LogP contribution is 2.30. The molecule has 0 bridgehead atoms. The van der Waals surface area contributed by atoms with Crippen molar-refractivity contribution in [3.63, 3.8) is 0 Å². The summed E-state index contributed by atoms with van der Waals surface area (Å²) in [6, 6.07) is 5.83.